The van der Waals surface area contributed by atoms with Crippen molar-refractivity contribution in [3.8, 4) is 0 Å². The number of nitrogens with zero attached hydrogens (tertiary/aromatic N) is 6. The summed E-state index contributed by atoms with van der Waals surface area (Å²) in [5.74, 6) is 0.146. The molecule has 3 aromatic heterocycles. The van der Waals surface area contributed by atoms with Gasteiger partial charge in [-0.2, -0.15) is 4.98 Å². The van der Waals surface area contributed by atoms with Gasteiger partial charge in [-0.05, 0) is 25.5 Å². The molecule has 0 unspecified atom stereocenters. The van der Waals surface area contributed by atoms with Crippen molar-refractivity contribution < 1.29 is 4.79 Å². The molecule has 9 heteroatoms. The Morgan fingerprint density at radius 3 is 2.83 bits per heavy atom. The molecular weight excluding hydrogens is 398 g/mol. The van der Waals surface area contributed by atoms with E-state index >= 15 is 0 Å². The van der Waals surface area contributed by atoms with Crippen molar-refractivity contribution in [1.29, 1.82) is 0 Å². The number of hydrogen-bond acceptors (Lipinski definition) is 7. The summed E-state index contributed by atoms with van der Waals surface area (Å²) < 4.78 is 1.58. The van der Waals surface area contributed by atoms with E-state index in [0.717, 1.165) is 43.1 Å². The van der Waals surface area contributed by atoms with E-state index < -0.39 is 0 Å². The van der Waals surface area contributed by atoms with E-state index in [-0.39, 0.29) is 11.7 Å². The molecule has 8 nitrogen and oxygen atoms in total. The fourth-order valence-electron chi connectivity index (χ4n) is 3.69. The molecule has 152 valence electrons. The van der Waals surface area contributed by atoms with Crippen LogP contribution in [0.4, 0.5) is 5.13 Å². The Balaban J connectivity index is 1.30. The molecule has 0 saturated carbocycles. The van der Waals surface area contributed by atoms with Gasteiger partial charge in [0.1, 0.15) is 0 Å². The number of carbonyl (C=O) groups is 1. The van der Waals surface area contributed by atoms with Gasteiger partial charge >= 0.3 is 0 Å². The van der Waals surface area contributed by atoms with Gasteiger partial charge in [-0.15, -0.1) is 16.4 Å². The van der Waals surface area contributed by atoms with E-state index in [9.17, 15) is 4.79 Å². The van der Waals surface area contributed by atoms with Gasteiger partial charge in [0, 0.05) is 42.3 Å². The fraction of sp³-hybridized carbons (Fsp3) is 0.286. The SMILES string of the molecule is Cc1cc(C)n2nc(C(=O)Nc3nc4c(s3)CN(Cc3ccccc3)CC4)nc2n1. The minimum Gasteiger partial charge on any atom is -0.295 e. The van der Waals surface area contributed by atoms with Gasteiger partial charge in [-0.25, -0.2) is 14.5 Å². The van der Waals surface area contributed by atoms with Gasteiger partial charge in [0.25, 0.3) is 11.7 Å². The number of fused-ring (bicyclic) bond motifs is 2. The molecule has 1 amide bonds. The Morgan fingerprint density at radius 2 is 2.00 bits per heavy atom. The Labute approximate surface area is 177 Å². The third-order valence-electron chi connectivity index (χ3n) is 5.10. The number of hydrogen-bond donors (Lipinski definition) is 1. The van der Waals surface area contributed by atoms with Gasteiger partial charge in [0.15, 0.2) is 5.13 Å². The van der Waals surface area contributed by atoms with E-state index in [1.54, 1.807) is 4.52 Å². The number of amides is 1. The summed E-state index contributed by atoms with van der Waals surface area (Å²) >= 11 is 1.52. The Morgan fingerprint density at radius 1 is 1.17 bits per heavy atom. The highest BCUT2D eigenvalue weighted by molar-refractivity contribution is 7.15. The molecule has 0 fully saturated rings. The Hall–Kier alpha value is -3.17. The normalized spacial score (nSPS) is 14.1. The number of rotatable bonds is 4. The van der Waals surface area contributed by atoms with Gasteiger partial charge in [-0.1, -0.05) is 30.3 Å². The van der Waals surface area contributed by atoms with Crippen molar-refractivity contribution in [2.24, 2.45) is 0 Å². The van der Waals surface area contributed by atoms with Crippen molar-refractivity contribution in [3.63, 3.8) is 0 Å². The molecule has 1 N–H and O–H groups in total. The van der Waals surface area contributed by atoms with Crippen LogP contribution in [0.15, 0.2) is 36.4 Å². The number of aryl methyl sites for hydroxylation is 2. The Bertz CT molecular complexity index is 1230. The topological polar surface area (TPSA) is 88.3 Å². The molecule has 0 atom stereocenters. The van der Waals surface area contributed by atoms with Crippen molar-refractivity contribution in [2.75, 3.05) is 11.9 Å². The number of nitrogens with one attached hydrogen (secondary N) is 1. The summed E-state index contributed by atoms with van der Waals surface area (Å²) in [5, 5.41) is 7.74. The molecule has 0 saturated heterocycles. The summed E-state index contributed by atoms with van der Waals surface area (Å²) in [5.41, 5.74) is 4.09. The van der Waals surface area contributed by atoms with Crippen molar-refractivity contribution in [1.82, 2.24) is 29.5 Å². The average molecular weight is 420 g/mol. The molecule has 1 aliphatic heterocycles. The molecule has 4 heterocycles. The third kappa shape index (κ3) is 3.69. The van der Waals surface area contributed by atoms with E-state index in [1.807, 2.05) is 26.0 Å². The first-order valence-corrected chi connectivity index (χ1v) is 10.6. The first-order valence-electron chi connectivity index (χ1n) is 9.82. The van der Waals surface area contributed by atoms with Gasteiger partial charge < -0.3 is 0 Å². The molecule has 0 aliphatic carbocycles. The zero-order valence-electron chi connectivity index (χ0n) is 16.8. The van der Waals surface area contributed by atoms with E-state index in [1.165, 1.54) is 21.8 Å². The molecule has 0 radical (unpaired) electrons. The largest absolute Gasteiger partial charge is 0.297 e. The van der Waals surface area contributed by atoms with E-state index in [0.29, 0.717) is 10.9 Å². The van der Waals surface area contributed by atoms with Crippen LogP contribution in [0.25, 0.3) is 5.78 Å². The second kappa shape index (κ2) is 7.58. The summed E-state index contributed by atoms with van der Waals surface area (Å²) in [7, 11) is 0. The smallest absolute Gasteiger partial charge is 0.295 e. The quantitative estimate of drug-likeness (QED) is 0.547. The van der Waals surface area contributed by atoms with Crippen molar-refractivity contribution in [2.45, 2.75) is 33.4 Å². The molecule has 5 rings (SSSR count). The van der Waals surface area contributed by atoms with Gasteiger partial charge in [-0.3, -0.25) is 15.0 Å². The molecule has 0 bridgehead atoms. The van der Waals surface area contributed by atoms with E-state index in [2.05, 4.69) is 54.5 Å². The minimum absolute atomic E-state index is 0.0927. The zero-order valence-corrected chi connectivity index (χ0v) is 17.6. The Kier molecular flexibility index (Phi) is 4.76. The summed E-state index contributed by atoms with van der Waals surface area (Å²) in [6, 6.07) is 12.4. The highest BCUT2D eigenvalue weighted by Crippen LogP contribution is 2.29. The monoisotopic (exact) mass is 419 g/mol. The van der Waals surface area contributed by atoms with Crippen LogP contribution in [0.1, 0.15) is 38.1 Å². The molecule has 1 aromatic carbocycles. The van der Waals surface area contributed by atoms with Crippen LogP contribution in [-0.4, -0.2) is 41.9 Å². The van der Waals surface area contributed by atoms with Gasteiger partial charge in [0.2, 0.25) is 5.82 Å². The summed E-state index contributed by atoms with van der Waals surface area (Å²) in [6.45, 7) is 6.51. The maximum absolute atomic E-state index is 12.7. The van der Waals surface area contributed by atoms with Crippen LogP contribution < -0.4 is 5.32 Å². The minimum atomic E-state index is -0.371. The maximum atomic E-state index is 12.7. The highest BCUT2D eigenvalue weighted by Gasteiger charge is 2.23. The zero-order chi connectivity index (χ0) is 20.7. The lowest BCUT2D eigenvalue weighted by atomic mass is 10.1. The van der Waals surface area contributed by atoms with Crippen LogP contribution >= 0.6 is 11.3 Å². The molecule has 0 spiro atoms. The fourth-order valence-corrected chi connectivity index (χ4v) is 4.74. The van der Waals surface area contributed by atoms with Crippen LogP contribution in [-0.2, 0) is 19.5 Å². The van der Waals surface area contributed by atoms with Crippen molar-refractivity contribution in [3.05, 3.63) is 69.7 Å². The standard InChI is InChI=1S/C21H21N7OS/c1-13-10-14(2)28-20(22-13)24-18(26-28)19(29)25-21-23-16-8-9-27(12-17(16)30-21)11-15-6-4-3-5-7-15/h3-7,10H,8-9,11-12H2,1-2H3,(H,23,25,29). The van der Waals surface area contributed by atoms with Crippen LogP contribution in [0, 0.1) is 13.8 Å². The van der Waals surface area contributed by atoms with Crippen LogP contribution in [0.3, 0.4) is 0 Å². The lowest BCUT2D eigenvalue weighted by molar-refractivity contribution is 0.101. The number of thiazole rings is 1. The second-order valence-electron chi connectivity index (χ2n) is 7.48. The van der Waals surface area contributed by atoms with E-state index in [4.69, 9.17) is 0 Å². The molecular formula is C21H21N7OS. The maximum Gasteiger partial charge on any atom is 0.297 e. The first kappa shape index (κ1) is 18.8. The summed E-state index contributed by atoms with van der Waals surface area (Å²) in [6.07, 6.45) is 0.879. The average Bonchev–Trinajstić information content (AvgIpc) is 3.32. The molecule has 30 heavy (non-hydrogen) atoms. The van der Waals surface area contributed by atoms with Gasteiger partial charge in [0.05, 0.1) is 5.69 Å². The van der Waals surface area contributed by atoms with Crippen molar-refractivity contribution >= 4 is 28.2 Å². The van der Waals surface area contributed by atoms with Crippen LogP contribution in [0.5, 0.6) is 0 Å². The first-order chi connectivity index (χ1) is 14.5. The summed E-state index contributed by atoms with van der Waals surface area (Å²) in [4.78, 5) is 29.5. The second-order valence-corrected chi connectivity index (χ2v) is 8.56. The molecule has 1 aliphatic rings. The number of carbonyl (C=O) groups excluding carboxylic acids is 1. The number of anilines is 1. The lowest BCUT2D eigenvalue weighted by Gasteiger charge is -2.25. The predicted molar refractivity (Wildman–Crippen MR) is 115 cm³/mol. The number of aromatic nitrogens is 5. The molecule has 4 aromatic rings. The lowest BCUT2D eigenvalue weighted by Crippen LogP contribution is -2.29. The highest BCUT2D eigenvalue weighted by atomic mass is 32.1. The van der Waals surface area contributed by atoms with Crippen LogP contribution in [0.2, 0.25) is 0 Å². The third-order valence-corrected chi connectivity index (χ3v) is 6.10. The number of benzene rings is 1. The predicted octanol–water partition coefficient (Wildman–Crippen LogP) is 3.01.